The van der Waals surface area contributed by atoms with Crippen LogP contribution in [-0.4, -0.2) is 102 Å². The molecule has 3 N–H and O–H groups in total. The van der Waals surface area contributed by atoms with Crippen LogP contribution in [0.2, 0.25) is 0 Å². The maximum absolute atomic E-state index is 15.0. The standard InChI is InChI=1S/C44H62F2N6O9S/c1-24-19-26-11-9-8-10-12-30-38(48-31-21-28(59-7)14-15-29(31)47-30)60-33-23-52(39(54)36(42(3,4)5)49-41(56)61-32(26)20-24)35(25(33)2)37(53)50-44(22-27(44)13-16-34(45)46)40(55)51-62(57,58)43(6)17-18-43/h14-15,21,24-27,32-36H,8-13,16-20,22-23H2,1-7H3,(H,49,56)(H,50,53)(H,51,55)/t24-,25-,26-,27-,32-,33+,35+,36-,44-/m1/s1. The number of sulfonamides is 1. The molecule has 0 radical (unpaired) electrons. The number of aromatic nitrogens is 2. The van der Waals surface area contributed by atoms with Crippen LogP contribution in [0.15, 0.2) is 18.2 Å². The fourth-order valence-electron chi connectivity index (χ4n) is 9.64. The molecule has 2 bridgehead atoms. The van der Waals surface area contributed by atoms with Crippen LogP contribution in [0.4, 0.5) is 13.6 Å². The van der Waals surface area contributed by atoms with Gasteiger partial charge >= 0.3 is 6.09 Å². The SMILES string of the molecule is COc1ccc2nc3c(nc2c1)O[C@H]1CN(C(=O)[C@H](C(C)(C)C)NC(=O)O[C@@H]2C[C@H](C)C[C@H]2CCCCC3)[C@H](C(=O)N[C@]2(C(=O)NS(=O)(=O)C3(C)CC3)C[C@H]2CCC(F)F)[C@@H]1C. The van der Waals surface area contributed by atoms with Crippen LogP contribution in [0.25, 0.3) is 11.0 Å². The van der Waals surface area contributed by atoms with Crippen LogP contribution < -0.4 is 24.8 Å². The van der Waals surface area contributed by atoms with E-state index in [1.807, 2.05) is 6.07 Å². The average Bonchev–Trinajstić information content (AvgIpc) is 4.05. The van der Waals surface area contributed by atoms with Gasteiger partial charge in [-0.2, -0.15) is 0 Å². The molecule has 18 heteroatoms. The first-order chi connectivity index (χ1) is 29.1. The number of hydrogen-bond donors (Lipinski definition) is 3. The van der Waals surface area contributed by atoms with Gasteiger partial charge in [0.1, 0.15) is 41.3 Å². The molecule has 5 aliphatic rings. The first-order valence-electron chi connectivity index (χ1n) is 22.1. The van der Waals surface area contributed by atoms with Gasteiger partial charge in [0.25, 0.3) is 5.91 Å². The molecule has 3 heterocycles. The number of ether oxygens (including phenoxy) is 3. The van der Waals surface area contributed by atoms with E-state index in [4.69, 9.17) is 24.2 Å². The van der Waals surface area contributed by atoms with Gasteiger partial charge in [-0.3, -0.25) is 19.1 Å². The number of nitrogens with zero attached hydrogens (tertiary/aromatic N) is 3. The highest BCUT2D eigenvalue weighted by Gasteiger charge is 2.64. The number of halogens is 2. The summed E-state index contributed by atoms with van der Waals surface area (Å²) < 4.78 is 72.6. The lowest BCUT2D eigenvalue weighted by Gasteiger charge is -2.36. The lowest BCUT2D eigenvalue weighted by atomic mass is 9.85. The van der Waals surface area contributed by atoms with Crippen molar-refractivity contribution in [3.8, 4) is 11.6 Å². The van der Waals surface area contributed by atoms with Crippen molar-refractivity contribution in [3.05, 3.63) is 23.9 Å². The fraction of sp³-hybridized carbons (Fsp3) is 0.727. The number of rotatable bonds is 9. The molecule has 1 saturated heterocycles. The number of fused-ring (bicyclic) bond motifs is 5. The van der Waals surface area contributed by atoms with Gasteiger partial charge in [-0.15, -0.1) is 0 Å². The third-order valence-electron chi connectivity index (χ3n) is 13.9. The van der Waals surface area contributed by atoms with Gasteiger partial charge in [0, 0.05) is 18.4 Å². The quantitative estimate of drug-likeness (QED) is 0.275. The molecular formula is C44H62F2N6O9S. The van der Waals surface area contributed by atoms with E-state index in [-0.39, 0.29) is 37.3 Å². The topological polar surface area (TPSA) is 195 Å². The number of carbonyl (C=O) groups excluding carboxylic acids is 4. The molecule has 1 aromatic heterocycles. The molecule has 342 valence electrons. The largest absolute Gasteiger partial charge is 0.497 e. The highest BCUT2D eigenvalue weighted by atomic mass is 32.2. The summed E-state index contributed by atoms with van der Waals surface area (Å²) in [6, 6.07) is 2.87. The molecule has 9 atom stereocenters. The average molecular weight is 889 g/mol. The summed E-state index contributed by atoms with van der Waals surface area (Å²) in [4.78, 5) is 68.7. The predicted octanol–water partition coefficient (Wildman–Crippen LogP) is 5.82. The van der Waals surface area contributed by atoms with E-state index in [9.17, 15) is 31.6 Å². The van der Waals surface area contributed by atoms with Crippen molar-refractivity contribution in [2.45, 2.75) is 160 Å². The second-order valence-electron chi connectivity index (χ2n) is 19.8. The van der Waals surface area contributed by atoms with Gasteiger partial charge < -0.3 is 29.7 Å². The Balaban J connectivity index is 1.26. The number of aryl methyl sites for hydroxylation is 1. The van der Waals surface area contributed by atoms with Gasteiger partial charge in [0.2, 0.25) is 34.1 Å². The zero-order valence-corrected chi connectivity index (χ0v) is 37.6. The van der Waals surface area contributed by atoms with Crippen LogP contribution in [0.5, 0.6) is 11.6 Å². The van der Waals surface area contributed by atoms with Gasteiger partial charge in [-0.1, -0.05) is 47.5 Å². The minimum Gasteiger partial charge on any atom is -0.497 e. The summed E-state index contributed by atoms with van der Waals surface area (Å²) in [5.41, 5.74) is -0.941. The molecular weight excluding hydrogens is 827 g/mol. The monoisotopic (exact) mass is 888 g/mol. The fourth-order valence-corrected chi connectivity index (χ4v) is 11.0. The number of carbonyl (C=O) groups is 4. The third kappa shape index (κ3) is 9.45. The van der Waals surface area contributed by atoms with Crippen molar-refractivity contribution in [1.29, 1.82) is 0 Å². The normalized spacial score (nSPS) is 31.4. The smallest absolute Gasteiger partial charge is 0.408 e. The Bertz CT molecular complexity index is 2170. The van der Waals surface area contributed by atoms with Gasteiger partial charge in [-0.05, 0) is 100 Å². The number of alkyl halides is 2. The summed E-state index contributed by atoms with van der Waals surface area (Å²) in [6.07, 6.45) is 0.889. The van der Waals surface area contributed by atoms with Crippen LogP contribution in [0.3, 0.4) is 0 Å². The minimum absolute atomic E-state index is 0.0726. The molecule has 0 spiro atoms. The van der Waals surface area contributed by atoms with Crippen molar-refractivity contribution < 1.29 is 50.6 Å². The van der Waals surface area contributed by atoms with E-state index in [1.165, 1.54) is 11.8 Å². The van der Waals surface area contributed by atoms with E-state index in [1.54, 1.807) is 46.9 Å². The van der Waals surface area contributed by atoms with Crippen molar-refractivity contribution in [2.75, 3.05) is 13.7 Å². The van der Waals surface area contributed by atoms with E-state index >= 15 is 4.79 Å². The summed E-state index contributed by atoms with van der Waals surface area (Å²) >= 11 is 0. The summed E-state index contributed by atoms with van der Waals surface area (Å²) in [7, 11) is -2.61. The van der Waals surface area contributed by atoms with Gasteiger partial charge in [0.15, 0.2) is 0 Å². The van der Waals surface area contributed by atoms with E-state index < -0.39 is 92.4 Å². The van der Waals surface area contributed by atoms with Crippen LogP contribution >= 0.6 is 0 Å². The van der Waals surface area contributed by atoms with Crippen molar-refractivity contribution in [2.24, 2.45) is 29.1 Å². The maximum Gasteiger partial charge on any atom is 0.408 e. The number of nitrogens with one attached hydrogen (secondary N) is 3. The Kier molecular flexibility index (Phi) is 12.8. The molecule has 4 fully saturated rings. The molecule has 7 rings (SSSR count). The molecule has 0 unspecified atom stereocenters. The van der Waals surface area contributed by atoms with Crippen LogP contribution in [-0.2, 0) is 35.6 Å². The first kappa shape index (κ1) is 45.7. The third-order valence-corrected chi connectivity index (χ3v) is 16.1. The van der Waals surface area contributed by atoms with Crippen LogP contribution in [0, 0.1) is 29.1 Å². The molecule has 3 saturated carbocycles. The highest BCUT2D eigenvalue weighted by Crippen LogP contribution is 2.49. The summed E-state index contributed by atoms with van der Waals surface area (Å²) in [6.45, 7) is 10.6. The van der Waals surface area contributed by atoms with Crippen molar-refractivity contribution in [3.63, 3.8) is 0 Å². The highest BCUT2D eigenvalue weighted by molar-refractivity contribution is 7.91. The second kappa shape index (κ2) is 17.3. The van der Waals surface area contributed by atoms with Crippen molar-refractivity contribution in [1.82, 2.24) is 30.2 Å². The zero-order chi connectivity index (χ0) is 44.9. The Labute approximate surface area is 362 Å². The Morgan fingerprint density at radius 1 is 1.05 bits per heavy atom. The van der Waals surface area contributed by atoms with Crippen molar-refractivity contribution >= 4 is 44.9 Å². The van der Waals surface area contributed by atoms with E-state index in [0.29, 0.717) is 54.1 Å². The predicted molar refractivity (Wildman–Crippen MR) is 225 cm³/mol. The minimum atomic E-state index is -4.16. The second-order valence-corrected chi connectivity index (χ2v) is 22.0. The molecule has 4 amide bonds. The molecule has 2 aliphatic heterocycles. The lowest BCUT2D eigenvalue weighted by Crippen LogP contribution is -2.61. The Morgan fingerprint density at radius 3 is 2.47 bits per heavy atom. The molecule has 62 heavy (non-hydrogen) atoms. The number of hydrogen-bond acceptors (Lipinski definition) is 11. The first-order valence-corrected chi connectivity index (χ1v) is 23.6. The molecule has 3 aliphatic carbocycles. The lowest BCUT2D eigenvalue weighted by molar-refractivity contribution is -0.143. The Hall–Kier alpha value is -4.35. The maximum atomic E-state index is 15.0. The molecule has 1 aromatic carbocycles. The van der Waals surface area contributed by atoms with E-state index in [2.05, 4.69) is 22.3 Å². The Morgan fingerprint density at radius 2 is 1.79 bits per heavy atom. The summed E-state index contributed by atoms with van der Waals surface area (Å²) in [5.74, 6) is -2.65. The molecule has 2 aromatic rings. The number of alkyl carbamates (subject to hydrolysis) is 1. The van der Waals surface area contributed by atoms with E-state index in [0.717, 1.165) is 32.1 Å². The van der Waals surface area contributed by atoms with Gasteiger partial charge in [0.05, 0.1) is 29.4 Å². The number of methoxy groups -OCH3 is 1. The molecule has 15 nitrogen and oxygen atoms in total. The number of amides is 4. The van der Waals surface area contributed by atoms with Gasteiger partial charge in [-0.25, -0.2) is 32.0 Å². The summed E-state index contributed by atoms with van der Waals surface area (Å²) in [5, 5.41) is 5.61. The zero-order valence-electron chi connectivity index (χ0n) is 36.8. The van der Waals surface area contributed by atoms with Crippen LogP contribution in [0.1, 0.15) is 118 Å². The number of benzene rings is 1.